The highest BCUT2D eigenvalue weighted by molar-refractivity contribution is 5.77. The Labute approximate surface area is 204 Å². The summed E-state index contributed by atoms with van der Waals surface area (Å²) in [7, 11) is 0. The quantitative estimate of drug-likeness (QED) is 0.166. The fraction of sp³-hybridized carbons (Fsp3) is 0.522. The monoisotopic (exact) mass is 494 g/mol. The van der Waals surface area contributed by atoms with Crippen molar-refractivity contribution in [1.82, 2.24) is 14.9 Å². The summed E-state index contributed by atoms with van der Waals surface area (Å²) in [6.07, 6.45) is 5.96. The summed E-state index contributed by atoms with van der Waals surface area (Å²) in [6.45, 7) is 9.20. The SMILES string of the molecule is C=CCOCOC1CC(n2cc(/C=C/CNC(=O)COC(C)OCC=C)c(N)nc2=O)OC1CO. The van der Waals surface area contributed by atoms with Gasteiger partial charge in [-0.3, -0.25) is 9.36 Å². The second-order valence-corrected chi connectivity index (χ2v) is 7.51. The Morgan fingerprint density at radius 3 is 2.89 bits per heavy atom. The van der Waals surface area contributed by atoms with E-state index in [1.165, 1.54) is 10.8 Å². The van der Waals surface area contributed by atoms with Crippen LogP contribution in [0.1, 0.15) is 25.1 Å². The summed E-state index contributed by atoms with van der Waals surface area (Å²) in [4.78, 5) is 28.2. The summed E-state index contributed by atoms with van der Waals surface area (Å²) in [5.41, 5.74) is 5.76. The molecule has 2 heterocycles. The third-order valence-electron chi connectivity index (χ3n) is 4.90. The van der Waals surface area contributed by atoms with E-state index in [0.717, 1.165) is 0 Å². The van der Waals surface area contributed by atoms with E-state index >= 15 is 0 Å². The van der Waals surface area contributed by atoms with E-state index in [0.29, 0.717) is 25.2 Å². The van der Waals surface area contributed by atoms with Crippen molar-refractivity contribution in [3.05, 3.63) is 53.6 Å². The first-order valence-corrected chi connectivity index (χ1v) is 11.1. The maximum atomic E-state index is 12.4. The van der Waals surface area contributed by atoms with Crippen LogP contribution in [0.25, 0.3) is 6.08 Å². The Balaban J connectivity index is 1.93. The molecule has 1 aromatic heterocycles. The molecule has 4 unspecified atom stereocenters. The largest absolute Gasteiger partial charge is 0.394 e. The lowest BCUT2D eigenvalue weighted by Crippen LogP contribution is -2.30. The van der Waals surface area contributed by atoms with Gasteiger partial charge in [-0.1, -0.05) is 24.3 Å². The van der Waals surface area contributed by atoms with Crippen LogP contribution in [0.3, 0.4) is 0 Å². The predicted molar refractivity (Wildman–Crippen MR) is 128 cm³/mol. The Bertz CT molecular complexity index is 919. The molecular weight excluding hydrogens is 460 g/mol. The molecule has 0 spiro atoms. The minimum absolute atomic E-state index is 0.00363. The number of aliphatic hydroxyl groups excluding tert-OH is 1. The fourth-order valence-corrected chi connectivity index (χ4v) is 3.16. The van der Waals surface area contributed by atoms with Gasteiger partial charge in [0.25, 0.3) is 0 Å². The van der Waals surface area contributed by atoms with Gasteiger partial charge in [0.15, 0.2) is 6.29 Å². The van der Waals surface area contributed by atoms with Crippen molar-refractivity contribution in [1.29, 1.82) is 0 Å². The zero-order valence-corrected chi connectivity index (χ0v) is 19.8. The Hall–Kier alpha value is -2.87. The lowest BCUT2D eigenvalue weighted by molar-refractivity contribution is -0.147. The number of anilines is 1. The van der Waals surface area contributed by atoms with Crippen LogP contribution in [0.2, 0.25) is 0 Å². The number of nitrogens with two attached hydrogens (primary N) is 1. The van der Waals surface area contributed by atoms with E-state index < -0.39 is 30.4 Å². The minimum atomic E-state index is -0.702. The molecule has 4 N–H and O–H groups in total. The number of ether oxygens (including phenoxy) is 5. The van der Waals surface area contributed by atoms with Crippen LogP contribution in [-0.2, 0) is 28.5 Å². The van der Waals surface area contributed by atoms with Crippen LogP contribution < -0.4 is 16.7 Å². The Kier molecular flexibility index (Phi) is 12.3. The fourth-order valence-electron chi connectivity index (χ4n) is 3.16. The van der Waals surface area contributed by atoms with E-state index in [1.807, 2.05) is 0 Å². The molecule has 1 saturated heterocycles. The standard InChI is InChI=1S/C23H34N4O8/c1-4-9-31-15-34-18-11-21(35-19(18)13-28)27-12-17(22(24)26-23(27)30)7-6-8-25-20(29)14-33-16(3)32-10-5-2/h4-7,12,16,18-19,21,28H,1-2,8-11,13-15H2,3H3,(H,25,29)(H2,24,26,30)/b7-6+. The zero-order chi connectivity index (χ0) is 25.6. The molecule has 0 radical (unpaired) electrons. The number of hydrogen-bond acceptors (Lipinski definition) is 10. The van der Waals surface area contributed by atoms with Gasteiger partial charge in [0.2, 0.25) is 5.91 Å². The van der Waals surface area contributed by atoms with Gasteiger partial charge in [-0.15, -0.1) is 13.2 Å². The third kappa shape index (κ3) is 9.36. The number of rotatable bonds is 16. The van der Waals surface area contributed by atoms with Crippen LogP contribution in [0, 0.1) is 0 Å². The van der Waals surface area contributed by atoms with Gasteiger partial charge >= 0.3 is 5.69 Å². The molecule has 35 heavy (non-hydrogen) atoms. The highest BCUT2D eigenvalue weighted by Gasteiger charge is 2.37. The molecule has 0 saturated carbocycles. The first-order chi connectivity index (χ1) is 16.9. The molecule has 0 bridgehead atoms. The van der Waals surface area contributed by atoms with Gasteiger partial charge in [0.05, 0.1) is 25.9 Å². The van der Waals surface area contributed by atoms with Crippen molar-refractivity contribution in [3.8, 4) is 0 Å². The minimum Gasteiger partial charge on any atom is -0.394 e. The predicted octanol–water partition coefficient (Wildman–Crippen LogP) is 0.345. The van der Waals surface area contributed by atoms with Gasteiger partial charge in [-0.2, -0.15) is 4.98 Å². The summed E-state index contributed by atoms with van der Waals surface area (Å²) in [6, 6.07) is 0. The second-order valence-electron chi connectivity index (χ2n) is 7.51. The molecule has 4 atom stereocenters. The van der Waals surface area contributed by atoms with Gasteiger partial charge in [0.1, 0.15) is 31.5 Å². The van der Waals surface area contributed by atoms with Crippen molar-refractivity contribution in [2.75, 3.05) is 45.5 Å². The number of aromatic nitrogens is 2. The number of carbonyl (C=O) groups is 1. The van der Waals surface area contributed by atoms with Crippen molar-refractivity contribution < 1.29 is 33.6 Å². The number of hydrogen-bond donors (Lipinski definition) is 3. The average molecular weight is 495 g/mol. The number of nitrogens with zero attached hydrogens (tertiary/aromatic N) is 2. The molecule has 1 aliphatic rings. The average Bonchev–Trinajstić information content (AvgIpc) is 3.25. The van der Waals surface area contributed by atoms with Crippen molar-refractivity contribution >= 4 is 17.8 Å². The number of aliphatic hydroxyl groups is 1. The third-order valence-corrected chi connectivity index (χ3v) is 4.90. The van der Waals surface area contributed by atoms with Gasteiger partial charge < -0.3 is 39.8 Å². The molecular formula is C23H34N4O8. The van der Waals surface area contributed by atoms with Gasteiger partial charge in [0, 0.05) is 24.7 Å². The normalized spacial score (nSPS) is 20.7. The van der Waals surface area contributed by atoms with Crippen LogP contribution in [-0.4, -0.2) is 78.8 Å². The second kappa shape index (κ2) is 15.2. The van der Waals surface area contributed by atoms with Gasteiger partial charge in [-0.25, -0.2) is 4.79 Å². The topological polar surface area (TPSA) is 156 Å². The lowest BCUT2D eigenvalue weighted by Gasteiger charge is -2.16. The molecule has 12 nitrogen and oxygen atoms in total. The first-order valence-electron chi connectivity index (χ1n) is 11.1. The molecule has 194 valence electrons. The van der Waals surface area contributed by atoms with Gasteiger partial charge in [-0.05, 0) is 6.92 Å². The number of amides is 1. The molecule has 12 heteroatoms. The van der Waals surface area contributed by atoms with Crippen LogP contribution in [0.15, 0.2) is 42.4 Å². The molecule has 1 amide bonds. The van der Waals surface area contributed by atoms with Crippen molar-refractivity contribution in [3.63, 3.8) is 0 Å². The number of carbonyl (C=O) groups excluding carboxylic acids is 1. The van der Waals surface area contributed by atoms with Crippen molar-refractivity contribution in [2.24, 2.45) is 0 Å². The highest BCUT2D eigenvalue weighted by atomic mass is 16.7. The summed E-state index contributed by atoms with van der Waals surface area (Å²) in [5.74, 6) is -0.287. The van der Waals surface area contributed by atoms with Crippen LogP contribution in [0.5, 0.6) is 0 Å². The van der Waals surface area contributed by atoms with Crippen LogP contribution >= 0.6 is 0 Å². The molecule has 1 aliphatic heterocycles. The first kappa shape index (κ1) is 28.4. The molecule has 2 rings (SSSR count). The van der Waals surface area contributed by atoms with E-state index in [1.54, 1.807) is 31.2 Å². The van der Waals surface area contributed by atoms with E-state index in [-0.39, 0.29) is 38.3 Å². The molecule has 0 aromatic carbocycles. The maximum Gasteiger partial charge on any atom is 0.351 e. The highest BCUT2D eigenvalue weighted by Crippen LogP contribution is 2.30. The number of nitrogen functional groups attached to an aromatic ring is 1. The van der Waals surface area contributed by atoms with E-state index in [2.05, 4.69) is 23.5 Å². The lowest BCUT2D eigenvalue weighted by atomic mass is 10.2. The van der Waals surface area contributed by atoms with E-state index in [4.69, 9.17) is 29.4 Å². The van der Waals surface area contributed by atoms with Crippen LogP contribution in [0.4, 0.5) is 5.82 Å². The Morgan fingerprint density at radius 1 is 1.40 bits per heavy atom. The molecule has 0 aliphatic carbocycles. The zero-order valence-electron chi connectivity index (χ0n) is 19.8. The molecule has 1 fully saturated rings. The summed E-state index contributed by atoms with van der Waals surface area (Å²) < 4.78 is 28.4. The van der Waals surface area contributed by atoms with E-state index in [9.17, 15) is 14.7 Å². The summed E-state index contributed by atoms with van der Waals surface area (Å²) >= 11 is 0. The van der Waals surface area contributed by atoms with Crippen molar-refractivity contribution in [2.45, 2.75) is 38.1 Å². The Morgan fingerprint density at radius 2 is 2.17 bits per heavy atom. The molecule has 1 aromatic rings. The maximum absolute atomic E-state index is 12.4. The summed E-state index contributed by atoms with van der Waals surface area (Å²) in [5, 5.41) is 12.3. The smallest absolute Gasteiger partial charge is 0.351 e. The number of nitrogens with one attached hydrogen (secondary N) is 1.